The summed E-state index contributed by atoms with van der Waals surface area (Å²) in [6.07, 6.45) is 2.95. The normalized spacial score (nSPS) is 11.0. The number of benzene rings is 1. The van der Waals surface area contributed by atoms with E-state index in [2.05, 4.69) is 15.8 Å². The van der Waals surface area contributed by atoms with Gasteiger partial charge in [-0.2, -0.15) is 0 Å². The number of phenolic OH excluding ortho intramolecular Hbond substituents is 1. The first-order chi connectivity index (χ1) is 6.16. The Morgan fingerprint density at radius 1 is 1.38 bits per heavy atom. The van der Waals surface area contributed by atoms with Crippen LogP contribution in [0, 0.1) is 13.8 Å². The summed E-state index contributed by atoms with van der Waals surface area (Å²) in [5.74, 6) is 0.458. The third kappa shape index (κ3) is 2.56. The summed E-state index contributed by atoms with van der Waals surface area (Å²) in [4.78, 5) is 0. The fraction of sp³-hybridized carbons (Fsp3) is 0.273. The number of hydrogen-bond donors (Lipinski definition) is 1. The molecule has 1 nitrogen and oxygen atoms in total. The van der Waals surface area contributed by atoms with Crippen LogP contribution in [0.1, 0.15) is 16.7 Å². The number of allylic oxidation sites excluding steroid dienone is 1. The van der Waals surface area contributed by atoms with Crippen LogP contribution < -0.4 is 0 Å². The number of aryl methyl sites for hydroxylation is 1. The Hall–Kier alpha value is -0.318. The molecule has 0 saturated heterocycles. The van der Waals surface area contributed by atoms with Crippen LogP contribution in [0.5, 0.6) is 5.75 Å². The second-order valence-corrected chi connectivity index (χ2v) is 4.42. The van der Waals surface area contributed by atoms with E-state index in [1.807, 2.05) is 19.9 Å². The molecule has 67 valence electrons. The van der Waals surface area contributed by atoms with Crippen LogP contribution in [0.15, 0.2) is 21.8 Å². The third-order valence-electron chi connectivity index (χ3n) is 2.24. The van der Waals surface area contributed by atoms with Gasteiger partial charge in [0.05, 0.1) is 0 Å². The van der Waals surface area contributed by atoms with Gasteiger partial charge in [0.25, 0.3) is 0 Å². The van der Waals surface area contributed by atoms with Crippen LogP contribution in [-0.2, 0) is 6.42 Å². The molecule has 3 radical (unpaired) electrons. The Balaban J connectivity index is 3.03. The van der Waals surface area contributed by atoms with Crippen molar-refractivity contribution in [2.45, 2.75) is 20.3 Å². The van der Waals surface area contributed by atoms with Gasteiger partial charge in [-0.3, -0.25) is 0 Å². The molecule has 0 spiro atoms. The fourth-order valence-electron chi connectivity index (χ4n) is 1.21. The van der Waals surface area contributed by atoms with Crippen molar-refractivity contribution in [1.29, 1.82) is 0 Å². The van der Waals surface area contributed by atoms with E-state index in [0.29, 0.717) is 5.75 Å². The molecule has 0 heterocycles. The summed E-state index contributed by atoms with van der Waals surface area (Å²) in [6.45, 7) is 3.97. The Bertz CT molecular complexity index is 329. The Kier molecular flexibility index (Phi) is 3.96. The molecule has 0 unspecified atom stereocenters. The maximum atomic E-state index is 9.78. The molecule has 1 aromatic carbocycles. The minimum atomic E-state index is 0.458. The quantitative estimate of drug-likeness (QED) is 0.794. The molecule has 1 rings (SSSR count). The van der Waals surface area contributed by atoms with E-state index in [4.69, 9.17) is 0 Å². The van der Waals surface area contributed by atoms with Crippen molar-refractivity contribution in [2.75, 3.05) is 0 Å². The van der Waals surface area contributed by atoms with Crippen molar-refractivity contribution in [2.24, 2.45) is 0 Å². The molecule has 13 heavy (non-hydrogen) atoms. The predicted octanol–water partition coefficient (Wildman–Crippen LogP) is 2.23. The van der Waals surface area contributed by atoms with Gasteiger partial charge in [-0.15, -0.1) is 0 Å². The zero-order valence-corrected chi connectivity index (χ0v) is 11.9. The van der Waals surface area contributed by atoms with E-state index in [0.717, 1.165) is 48.9 Å². The van der Waals surface area contributed by atoms with Crippen LogP contribution >= 0.6 is 0 Å². The van der Waals surface area contributed by atoms with Crippen LogP contribution in [0.2, 0.25) is 0 Å². The van der Waals surface area contributed by atoms with Gasteiger partial charge in [0.2, 0.25) is 0 Å². The van der Waals surface area contributed by atoms with E-state index in [-0.39, 0.29) is 0 Å². The van der Waals surface area contributed by atoms with Crippen molar-refractivity contribution >= 4 is 25.8 Å². The van der Waals surface area contributed by atoms with Gasteiger partial charge in [-0.05, 0) is 0 Å². The van der Waals surface area contributed by atoms with Crippen molar-refractivity contribution in [3.63, 3.8) is 0 Å². The average Bonchev–Trinajstić information content (AvgIpc) is 2.13. The molecule has 0 aliphatic heterocycles. The van der Waals surface area contributed by atoms with Gasteiger partial charge in [-0.1, -0.05) is 0 Å². The Morgan fingerprint density at radius 2 is 2.08 bits per heavy atom. The molecule has 0 atom stereocenters. The van der Waals surface area contributed by atoms with Gasteiger partial charge in [0.15, 0.2) is 0 Å². The molecule has 1 N–H and O–H groups in total. The molecule has 0 aromatic heterocycles. The summed E-state index contributed by atoms with van der Waals surface area (Å²) < 4.78 is 2.13. The first kappa shape index (κ1) is 10.8. The van der Waals surface area contributed by atoms with Crippen molar-refractivity contribution in [3.05, 3.63) is 38.5 Å². The zero-order valence-electron chi connectivity index (χ0n) is 7.96. The molecule has 0 aliphatic carbocycles. The van der Waals surface area contributed by atoms with Crippen LogP contribution in [-0.4, -0.2) is 30.9 Å². The first-order valence-electron chi connectivity index (χ1n) is 4.27. The Labute approximate surface area is 95.2 Å². The van der Waals surface area contributed by atoms with E-state index >= 15 is 0 Å². The molecule has 2 heteroatoms. The number of hydrogen-bond acceptors (Lipinski definition) is 1. The summed E-state index contributed by atoms with van der Waals surface area (Å²) in [7, 11) is 0. The van der Waals surface area contributed by atoms with E-state index < -0.39 is 0 Å². The average molecular weight is 368 g/mol. The van der Waals surface area contributed by atoms with E-state index in [9.17, 15) is 5.11 Å². The number of phenols is 1. The molecule has 0 aliphatic rings. The summed E-state index contributed by atoms with van der Waals surface area (Å²) in [5, 5.41) is 9.78. The third-order valence-corrected chi connectivity index (χ3v) is 3.16. The summed E-state index contributed by atoms with van der Waals surface area (Å²) >= 11 is 1.08. The van der Waals surface area contributed by atoms with Gasteiger partial charge < -0.3 is 0 Å². The van der Waals surface area contributed by atoms with E-state index in [1.54, 1.807) is 0 Å². The van der Waals surface area contributed by atoms with Crippen LogP contribution in [0.3, 0.4) is 0 Å². The second kappa shape index (κ2) is 4.79. The fourth-order valence-corrected chi connectivity index (χ4v) is 1.67. The number of rotatable bonds is 2. The Morgan fingerprint density at radius 3 is 2.69 bits per heavy atom. The van der Waals surface area contributed by atoms with Gasteiger partial charge in [-0.25, -0.2) is 0 Å². The minimum absolute atomic E-state index is 0.458. The standard InChI is InChI=1S/C11H13O.Pb/c1-4-5-10-7-6-8(2)9(3)11(10)12;/h1,4,6-7,12H,5H2,2-3H3;. The van der Waals surface area contributed by atoms with Crippen LogP contribution in [0.4, 0.5) is 0 Å². The molecular weight excluding hydrogens is 355 g/mol. The molecule has 0 saturated carbocycles. The van der Waals surface area contributed by atoms with Crippen molar-refractivity contribution < 1.29 is 5.11 Å². The zero-order chi connectivity index (χ0) is 9.84. The van der Waals surface area contributed by atoms with Gasteiger partial charge in [0.1, 0.15) is 0 Å². The predicted molar refractivity (Wildman–Crippen MR) is 56.2 cm³/mol. The van der Waals surface area contributed by atoms with Crippen molar-refractivity contribution in [1.82, 2.24) is 0 Å². The second-order valence-electron chi connectivity index (χ2n) is 3.12. The van der Waals surface area contributed by atoms with Gasteiger partial charge >= 0.3 is 95.4 Å². The molecule has 1 aromatic rings. The summed E-state index contributed by atoms with van der Waals surface area (Å²) in [5.41, 5.74) is 3.17. The van der Waals surface area contributed by atoms with Gasteiger partial charge in [0, 0.05) is 0 Å². The molecule has 0 fully saturated rings. The van der Waals surface area contributed by atoms with Crippen molar-refractivity contribution in [3.8, 4) is 5.75 Å². The number of aromatic hydroxyl groups is 1. The molecule has 0 bridgehead atoms. The SMILES string of the molecule is Cc1ccc(C/C=[CH]/[Pb])c(O)c1C. The molecular formula is C11H13OPb. The first-order valence-corrected chi connectivity index (χ1v) is 6.51. The van der Waals surface area contributed by atoms with Crippen LogP contribution in [0.25, 0.3) is 0 Å². The molecule has 0 amide bonds. The topological polar surface area (TPSA) is 20.2 Å². The maximum absolute atomic E-state index is 9.78. The van der Waals surface area contributed by atoms with E-state index in [1.165, 1.54) is 0 Å². The summed E-state index contributed by atoms with van der Waals surface area (Å²) in [6, 6.07) is 4.06. The monoisotopic (exact) mass is 369 g/mol.